The zero-order chi connectivity index (χ0) is 13.9. The molecule has 0 heterocycles. The fourth-order valence-corrected chi connectivity index (χ4v) is 2.71. The Hall–Kier alpha value is -0.710. The standard InChI is InChI=1S/C15H25NO2S/c1-3-15(16-9-12-19-11-4-10-17)13-5-7-14(18-2)8-6-13/h5-8,15-17H,3-4,9-12H2,1-2H3. The van der Waals surface area contributed by atoms with E-state index in [2.05, 4.69) is 24.4 Å². The molecule has 108 valence electrons. The summed E-state index contributed by atoms with van der Waals surface area (Å²) in [4.78, 5) is 0. The number of hydrogen-bond donors (Lipinski definition) is 2. The van der Waals surface area contributed by atoms with Crippen LogP contribution >= 0.6 is 11.8 Å². The zero-order valence-electron chi connectivity index (χ0n) is 11.9. The molecule has 0 saturated carbocycles. The molecule has 0 spiro atoms. The van der Waals surface area contributed by atoms with E-state index in [1.165, 1.54) is 5.56 Å². The summed E-state index contributed by atoms with van der Waals surface area (Å²) in [6, 6.07) is 8.67. The molecule has 0 amide bonds. The lowest BCUT2D eigenvalue weighted by atomic mass is 10.0. The van der Waals surface area contributed by atoms with E-state index < -0.39 is 0 Å². The van der Waals surface area contributed by atoms with Crippen LogP contribution in [0, 0.1) is 0 Å². The molecule has 19 heavy (non-hydrogen) atoms. The lowest BCUT2D eigenvalue weighted by Crippen LogP contribution is -2.23. The van der Waals surface area contributed by atoms with E-state index in [4.69, 9.17) is 9.84 Å². The van der Waals surface area contributed by atoms with Crippen molar-refractivity contribution < 1.29 is 9.84 Å². The van der Waals surface area contributed by atoms with Crippen LogP contribution < -0.4 is 10.1 Å². The van der Waals surface area contributed by atoms with Crippen LogP contribution in [0.25, 0.3) is 0 Å². The van der Waals surface area contributed by atoms with Gasteiger partial charge in [0, 0.05) is 24.9 Å². The van der Waals surface area contributed by atoms with Gasteiger partial charge in [0.05, 0.1) is 7.11 Å². The first-order valence-electron chi connectivity index (χ1n) is 6.87. The Morgan fingerprint density at radius 1 is 1.26 bits per heavy atom. The molecule has 0 aromatic heterocycles. The van der Waals surface area contributed by atoms with Gasteiger partial charge in [-0.15, -0.1) is 0 Å². The van der Waals surface area contributed by atoms with Gasteiger partial charge in [0.15, 0.2) is 0 Å². The largest absolute Gasteiger partial charge is 0.497 e. The molecule has 0 bridgehead atoms. The second-order valence-corrected chi connectivity index (χ2v) is 5.60. The number of hydrogen-bond acceptors (Lipinski definition) is 4. The predicted octanol–water partition coefficient (Wildman–Crippen LogP) is 2.85. The quantitative estimate of drug-likeness (QED) is 0.648. The lowest BCUT2D eigenvalue weighted by molar-refractivity contribution is 0.296. The topological polar surface area (TPSA) is 41.5 Å². The van der Waals surface area contributed by atoms with E-state index >= 15 is 0 Å². The Balaban J connectivity index is 2.31. The third-order valence-electron chi connectivity index (χ3n) is 3.01. The highest BCUT2D eigenvalue weighted by Crippen LogP contribution is 2.20. The summed E-state index contributed by atoms with van der Waals surface area (Å²) in [5, 5.41) is 12.3. The first-order valence-corrected chi connectivity index (χ1v) is 8.03. The predicted molar refractivity (Wildman–Crippen MR) is 83.1 cm³/mol. The van der Waals surface area contributed by atoms with Gasteiger partial charge in [-0.2, -0.15) is 11.8 Å². The van der Waals surface area contributed by atoms with Gasteiger partial charge in [-0.3, -0.25) is 0 Å². The van der Waals surface area contributed by atoms with Crippen molar-refractivity contribution in [2.75, 3.05) is 31.8 Å². The molecular weight excluding hydrogens is 258 g/mol. The van der Waals surface area contributed by atoms with E-state index in [0.717, 1.165) is 36.6 Å². The van der Waals surface area contributed by atoms with Gasteiger partial charge in [0.2, 0.25) is 0 Å². The molecule has 1 atom stereocenters. The van der Waals surface area contributed by atoms with Crippen LogP contribution in [-0.4, -0.2) is 36.9 Å². The van der Waals surface area contributed by atoms with Crippen molar-refractivity contribution in [2.45, 2.75) is 25.8 Å². The maximum absolute atomic E-state index is 8.70. The summed E-state index contributed by atoms with van der Waals surface area (Å²) in [5.74, 6) is 3.03. The maximum atomic E-state index is 8.70. The molecular formula is C15H25NO2S. The van der Waals surface area contributed by atoms with Gasteiger partial charge < -0.3 is 15.2 Å². The van der Waals surface area contributed by atoms with Crippen LogP contribution in [0.2, 0.25) is 0 Å². The Morgan fingerprint density at radius 2 is 2.00 bits per heavy atom. The van der Waals surface area contributed by atoms with Crippen molar-refractivity contribution in [2.24, 2.45) is 0 Å². The SMILES string of the molecule is CCC(NCCSCCCO)c1ccc(OC)cc1. The van der Waals surface area contributed by atoms with E-state index in [9.17, 15) is 0 Å². The zero-order valence-corrected chi connectivity index (χ0v) is 12.7. The summed E-state index contributed by atoms with van der Waals surface area (Å²) < 4.78 is 5.17. The van der Waals surface area contributed by atoms with Crippen LogP contribution in [0.3, 0.4) is 0 Å². The molecule has 2 N–H and O–H groups in total. The Labute approximate surface area is 120 Å². The lowest BCUT2D eigenvalue weighted by Gasteiger charge is -2.17. The number of rotatable bonds is 10. The number of benzene rings is 1. The van der Waals surface area contributed by atoms with Crippen LogP contribution in [0.15, 0.2) is 24.3 Å². The first-order chi connectivity index (χ1) is 9.31. The van der Waals surface area contributed by atoms with Crippen molar-refractivity contribution in [3.8, 4) is 5.75 Å². The maximum Gasteiger partial charge on any atom is 0.118 e. The highest BCUT2D eigenvalue weighted by molar-refractivity contribution is 7.99. The molecule has 0 aliphatic rings. The number of methoxy groups -OCH3 is 1. The van der Waals surface area contributed by atoms with Gasteiger partial charge in [0.1, 0.15) is 5.75 Å². The Morgan fingerprint density at radius 3 is 2.58 bits per heavy atom. The molecule has 1 aromatic rings. The van der Waals surface area contributed by atoms with Gasteiger partial charge in [-0.05, 0) is 36.3 Å². The normalized spacial score (nSPS) is 12.4. The van der Waals surface area contributed by atoms with Crippen LogP contribution in [0.4, 0.5) is 0 Å². The average Bonchev–Trinajstić information content (AvgIpc) is 2.47. The fraction of sp³-hybridized carbons (Fsp3) is 0.600. The molecule has 1 rings (SSSR count). The third kappa shape index (κ3) is 6.32. The minimum Gasteiger partial charge on any atom is -0.497 e. The smallest absolute Gasteiger partial charge is 0.118 e. The van der Waals surface area contributed by atoms with E-state index in [1.54, 1.807) is 7.11 Å². The number of ether oxygens (including phenoxy) is 1. The average molecular weight is 283 g/mol. The van der Waals surface area contributed by atoms with Crippen LogP contribution in [-0.2, 0) is 0 Å². The van der Waals surface area contributed by atoms with Gasteiger partial charge in [-0.25, -0.2) is 0 Å². The van der Waals surface area contributed by atoms with E-state index in [0.29, 0.717) is 12.6 Å². The molecule has 4 heteroatoms. The number of aliphatic hydroxyl groups is 1. The van der Waals surface area contributed by atoms with Gasteiger partial charge >= 0.3 is 0 Å². The minimum absolute atomic E-state index is 0.295. The van der Waals surface area contributed by atoms with Gasteiger partial charge in [0.25, 0.3) is 0 Å². The van der Waals surface area contributed by atoms with Crippen molar-refractivity contribution >= 4 is 11.8 Å². The molecule has 1 unspecified atom stereocenters. The molecule has 1 aromatic carbocycles. The summed E-state index contributed by atoms with van der Waals surface area (Å²) >= 11 is 1.89. The number of nitrogens with one attached hydrogen (secondary N) is 1. The van der Waals surface area contributed by atoms with Crippen LogP contribution in [0.1, 0.15) is 31.4 Å². The van der Waals surface area contributed by atoms with Crippen molar-refractivity contribution in [1.82, 2.24) is 5.32 Å². The molecule has 0 aliphatic carbocycles. The summed E-state index contributed by atoms with van der Waals surface area (Å²) in [6.45, 7) is 3.49. The van der Waals surface area contributed by atoms with Crippen molar-refractivity contribution in [3.63, 3.8) is 0 Å². The highest BCUT2D eigenvalue weighted by atomic mass is 32.2. The first kappa shape index (κ1) is 16.3. The van der Waals surface area contributed by atoms with Crippen molar-refractivity contribution in [3.05, 3.63) is 29.8 Å². The Kier molecular flexibility index (Phi) is 8.71. The van der Waals surface area contributed by atoms with E-state index in [1.807, 2.05) is 23.9 Å². The number of aliphatic hydroxyl groups excluding tert-OH is 1. The van der Waals surface area contributed by atoms with E-state index in [-0.39, 0.29) is 0 Å². The molecule has 0 saturated heterocycles. The highest BCUT2D eigenvalue weighted by Gasteiger charge is 2.08. The third-order valence-corrected chi connectivity index (χ3v) is 4.08. The van der Waals surface area contributed by atoms with Crippen LogP contribution in [0.5, 0.6) is 5.75 Å². The minimum atomic E-state index is 0.295. The number of thioether (sulfide) groups is 1. The molecule has 3 nitrogen and oxygen atoms in total. The summed E-state index contributed by atoms with van der Waals surface area (Å²) in [7, 11) is 1.69. The second kappa shape index (κ2) is 10.1. The fourth-order valence-electron chi connectivity index (χ4n) is 1.91. The Bertz CT molecular complexity index is 329. The molecule has 0 aliphatic heterocycles. The monoisotopic (exact) mass is 283 g/mol. The molecule has 0 radical (unpaired) electrons. The molecule has 0 fully saturated rings. The summed E-state index contributed by atoms with van der Waals surface area (Å²) in [6.07, 6.45) is 1.97. The van der Waals surface area contributed by atoms with Gasteiger partial charge in [-0.1, -0.05) is 19.1 Å². The second-order valence-electron chi connectivity index (χ2n) is 4.38. The van der Waals surface area contributed by atoms with Crippen molar-refractivity contribution in [1.29, 1.82) is 0 Å². The summed E-state index contributed by atoms with van der Waals surface area (Å²) in [5.41, 5.74) is 1.31.